The fourth-order valence-corrected chi connectivity index (χ4v) is 3.49. The number of hydrogen-bond donors (Lipinski definition) is 0. The number of ether oxygens (including phenoxy) is 1. The van der Waals surface area contributed by atoms with Gasteiger partial charge in [0.05, 0.1) is 13.5 Å². The van der Waals surface area contributed by atoms with Gasteiger partial charge in [-0.05, 0) is 62.7 Å². The van der Waals surface area contributed by atoms with Gasteiger partial charge in [0.2, 0.25) is 0 Å². The number of esters is 1. The molecule has 178 valence electrons. The second kappa shape index (κ2) is 18.7. The van der Waals surface area contributed by atoms with Gasteiger partial charge in [0.25, 0.3) is 0 Å². The van der Waals surface area contributed by atoms with E-state index in [1.807, 2.05) is 20.8 Å². The standard InChI is InChI=1S/C16H30.C10H18O3.H2S/c1-7-14(6)12-15(8-2)10-11-16(9-3)13(4)5;1-10(2,3)6-8(7-11)5-9(12)13-4;/h15-16H,4,6-12H2,1-3,5H3;7-8H,5-6H2,1-4H3;1H2/t15?,16-;;/m1../s1. The van der Waals surface area contributed by atoms with Gasteiger partial charge in [-0.15, -0.1) is 0 Å². The van der Waals surface area contributed by atoms with Gasteiger partial charge in [0, 0.05) is 5.92 Å². The fourth-order valence-electron chi connectivity index (χ4n) is 3.49. The molecule has 0 fully saturated rings. The van der Waals surface area contributed by atoms with Crippen molar-refractivity contribution >= 4 is 25.8 Å². The minimum Gasteiger partial charge on any atom is -0.469 e. The van der Waals surface area contributed by atoms with Crippen LogP contribution in [-0.2, 0) is 14.3 Å². The lowest BCUT2D eigenvalue weighted by atomic mass is 9.84. The van der Waals surface area contributed by atoms with Crippen LogP contribution in [0.5, 0.6) is 0 Å². The van der Waals surface area contributed by atoms with Crippen molar-refractivity contribution in [3.8, 4) is 0 Å². The van der Waals surface area contributed by atoms with E-state index in [4.69, 9.17) is 0 Å². The highest BCUT2D eigenvalue weighted by molar-refractivity contribution is 7.59. The van der Waals surface area contributed by atoms with Gasteiger partial charge in [-0.3, -0.25) is 4.79 Å². The molecule has 0 aliphatic heterocycles. The number of hydrogen-bond acceptors (Lipinski definition) is 3. The van der Waals surface area contributed by atoms with E-state index in [2.05, 4.69) is 45.6 Å². The summed E-state index contributed by atoms with van der Waals surface area (Å²) >= 11 is 0. The van der Waals surface area contributed by atoms with Crippen LogP contribution >= 0.6 is 13.5 Å². The van der Waals surface area contributed by atoms with Crippen molar-refractivity contribution in [3.63, 3.8) is 0 Å². The summed E-state index contributed by atoms with van der Waals surface area (Å²) in [5.41, 5.74) is 2.83. The molecule has 0 aliphatic rings. The number of aldehydes is 1. The molecule has 0 heterocycles. The van der Waals surface area contributed by atoms with E-state index in [0.717, 1.165) is 24.5 Å². The predicted octanol–water partition coefficient (Wildman–Crippen LogP) is 7.67. The molecular formula is C26H50O3S. The molecule has 0 N–H and O–H groups in total. The lowest BCUT2D eigenvalue weighted by molar-refractivity contribution is -0.143. The summed E-state index contributed by atoms with van der Waals surface area (Å²) in [6.07, 6.45) is 9.26. The highest BCUT2D eigenvalue weighted by Gasteiger charge is 2.20. The summed E-state index contributed by atoms with van der Waals surface area (Å²) in [5.74, 6) is 1.03. The Bertz CT molecular complexity index is 491. The summed E-state index contributed by atoms with van der Waals surface area (Å²) in [6.45, 7) is 23.3. The molecule has 0 aliphatic carbocycles. The summed E-state index contributed by atoms with van der Waals surface area (Å²) in [6, 6.07) is 0. The van der Waals surface area contributed by atoms with Crippen molar-refractivity contribution in [1.29, 1.82) is 0 Å². The SMILES string of the molecule is C=C(CC)CC(CC)CC[C@@H](CC)C(=C)C.COC(=O)CC(C=O)CC(C)(C)C.S. The van der Waals surface area contributed by atoms with Crippen molar-refractivity contribution in [2.75, 3.05) is 7.11 Å². The Kier molecular flexibility index (Phi) is 21.0. The van der Waals surface area contributed by atoms with E-state index in [9.17, 15) is 9.59 Å². The summed E-state index contributed by atoms with van der Waals surface area (Å²) < 4.78 is 4.50. The van der Waals surface area contributed by atoms with Crippen LogP contribution in [0.25, 0.3) is 0 Å². The van der Waals surface area contributed by atoms with Gasteiger partial charge in [0.1, 0.15) is 6.29 Å². The molecule has 30 heavy (non-hydrogen) atoms. The molecule has 2 unspecified atom stereocenters. The van der Waals surface area contributed by atoms with Crippen LogP contribution in [-0.4, -0.2) is 19.4 Å². The third-order valence-electron chi connectivity index (χ3n) is 5.49. The summed E-state index contributed by atoms with van der Waals surface area (Å²) in [7, 11) is 1.33. The molecule has 3 atom stereocenters. The van der Waals surface area contributed by atoms with Gasteiger partial charge < -0.3 is 9.53 Å². The van der Waals surface area contributed by atoms with Crippen LogP contribution in [0, 0.1) is 23.2 Å². The molecule has 4 heteroatoms. The smallest absolute Gasteiger partial charge is 0.306 e. The Balaban J connectivity index is -0.000000480. The maximum absolute atomic E-state index is 10.9. The maximum atomic E-state index is 10.9. The minimum atomic E-state index is -0.318. The number of methoxy groups -OCH3 is 1. The first-order valence-electron chi connectivity index (χ1n) is 11.3. The van der Waals surface area contributed by atoms with Crippen LogP contribution in [0.3, 0.4) is 0 Å². The van der Waals surface area contributed by atoms with Crippen molar-refractivity contribution in [1.82, 2.24) is 0 Å². The van der Waals surface area contributed by atoms with Crippen molar-refractivity contribution in [2.24, 2.45) is 23.2 Å². The van der Waals surface area contributed by atoms with Gasteiger partial charge >= 0.3 is 5.97 Å². The fraction of sp³-hybridized carbons (Fsp3) is 0.769. The van der Waals surface area contributed by atoms with Crippen molar-refractivity contribution < 1.29 is 14.3 Å². The van der Waals surface area contributed by atoms with Gasteiger partial charge in [-0.25, -0.2) is 0 Å². The lowest BCUT2D eigenvalue weighted by Crippen LogP contribution is -2.18. The summed E-state index contributed by atoms with van der Waals surface area (Å²) in [4.78, 5) is 21.5. The molecule has 0 bridgehead atoms. The third kappa shape index (κ3) is 19.0. The molecule has 0 radical (unpaired) electrons. The first-order valence-corrected chi connectivity index (χ1v) is 11.3. The van der Waals surface area contributed by atoms with Crippen LogP contribution in [0.1, 0.15) is 99.8 Å². The molecular weight excluding hydrogens is 392 g/mol. The topological polar surface area (TPSA) is 43.4 Å². The Morgan fingerprint density at radius 2 is 1.60 bits per heavy atom. The van der Waals surface area contributed by atoms with E-state index in [-0.39, 0.29) is 37.2 Å². The summed E-state index contributed by atoms with van der Waals surface area (Å²) in [5, 5.41) is 0. The first-order chi connectivity index (χ1) is 13.4. The van der Waals surface area contributed by atoms with E-state index < -0.39 is 0 Å². The van der Waals surface area contributed by atoms with E-state index >= 15 is 0 Å². The zero-order chi connectivity index (χ0) is 23.0. The maximum Gasteiger partial charge on any atom is 0.306 e. The molecule has 0 aromatic heterocycles. The van der Waals surface area contributed by atoms with Crippen LogP contribution in [0.4, 0.5) is 0 Å². The van der Waals surface area contributed by atoms with E-state index in [0.29, 0.717) is 6.42 Å². The molecule has 0 saturated carbocycles. The Morgan fingerprint density at radius 3 is 1.93 bits per heavy atom. The van der Waals surface area contributed by atoms with Crippen molar-refractivity contribution in [2.45, 2.75) is 99.8 Å². The molecule has 3 nitrogen and oxygen atoms in total. The lowest BCUT2D eigenvalue weighted by Gasteiger charge is -2.21. The van der Waals surface area contributed by atoms with Gasteiger partial charge in [-0.1, -0.05) is 72.3 Å². The average Bonchev–Trinajstić information content (AvgIpc) is 2.65. The molecule has 0 amide bonds. The number of carbonyl (C=O) groups is 2. The zero-order valence-corrected chi connectivity index (χ0v) is 22.1. The number of rotatable bonds is 13. The Labute approximate surface area is 194 Å². The Hall–Kier alpha value is -1.03. The molecule has 0 saturated heterocycles. The average molecular weight is 443 g/mol. The van der Waals surface area contributed by atoms with E-state index in [1.54, 1.807) is 0 Å². The monoisotopic (exact) mass is 442 g/mol. The van der Waals surface area contributed by atoms with Gasteiger partial charge in [0.15, 0.2) is 0 Å². The van der Waals surface area contributed by atoms with Crippen LogP contribution in [0.2, 0.25) is 0 Å². The Morgan fingerprint density at radius 1 is 1.03 bits per heavy atom. The molecule has 0 spiro atoms. The highest BCUT2D eigenvalue weighted by Crippen LogP contribution is 2.27. The highest BCUT2D eigenvalue weighted by atomic mass is 32.1. The van der Waals surface area contributed by atoms with Crippen LogP contribution in [0.15, 0.2) is 24.3 Å². The largest absolute Gasteiger partial charge is 0.469 e. The van der Waals surface area contributed by atoms with Crippen LogP contribution < -0.4 is 0 Å². The minimum absolute atomic E-state index is 0. The number of allylic oxidation sites excluding steroid dienone is 2. The second-order valence-corrected chi connectivity index (χ2v) is 9.55. The normalized spacial score (nSPS) is 13.6. The van der Waals surface area contributed by atoms with Gasteiger partial charge in [-0.2, -0.15) is 13.5 Å². The molecule has 0 aromatic rings. The third-order valence-corrected chi connectivity index (χ3v) is 5.49. The number of carbonyl (C=O) groups excluding carboxylic acids is 2. The zero-order valence-electron chi connectivity index (χ0n) is 21.1. The predicted molar refractivity (Wildman–Crippen MR) is 136 cm³/mol. The first kappa shape index (κ1) is 33.6. The van der Waals surface area contributed by atoms with Crippen molar-refractivity contribution in [3.05, 3.63) is 24.3 Å². The molecule has 0 aromatic carbocycles. The second-order valence-electron chi connectivity index (χ2n) is 9.55. The quantitative estimate of drug-likeness (QED) is 0.167. The van der Waals surface area contributed by atoms with E-state index in [1.165, 1.54) is 50.4 Å². The molecule has 0 rings (SSSR count).